The first-order valence-electron chi connectivity index (χ1n) is 24.1. The van der Waals surface area contributed by atoms with E-state index in [1.54, 1.807) is 0 Å². The molecule has 6 nitrogen and oxygen atoms in total. The minimum atomic E-state index is -2.37. The maximum atomic E-state index is 7.20. The summed E-state index contributed by atoms with van der Waals surface area (Å²) < 4.78 is 41.9. The second-order valence-corrected chi connectivity index (χ2v) is 40.1. The van der Waals surface area contributed by atoms with E-state index in [2.05, 4.69) is 52.4 Å². The average molecular weight is 858 g/mol. The van der Waals surface area contributed by atoms with Crippen LogP contribution in [0.1, 0.15) is 154 Å². The van der Waals surface area contributed by atoms with Crippen LogP contribution in [0.2, 0.25) is 76.6 Å². The van der Waals surface area contributed by atoms with Crippen molar-refractivity contribution in [1.29, 1.82) is 0 Å². The molecule has 0 heterocycles. The van der Waals surface area contributed by atoms with Gasteiger partial charge in [-0.25, -0.2) is 0 Å². The van der Waals surface area contributed by atoms with E-state index in [4.69, 9.17) is 25.9 Å². The summed E-state index contributed by atoms with van der Waals surface area (Å²) in [5, 5.41) is 0. The molecule has 0 N–H and O–H groups in total. The highest BCUT2D eigenvalue weighted by molar-refractivity contribution is 6.88. The van der Waals surface area contributed by atoms with E-state index >= 15 is 0 Å². The normalized spacial score (nSPS) is 21.4. The van der Waals surface area contributed by atoms with Crippen molar-refractivity contribution in [2.45, 2.75) is 231 Å². The zero-order valence-corrected chi connectivity index (χ0v) is 42.9. The number of hydrogen-bond donors (Lipinski definition) is 0. The fraction of sp³-hybridized carbons (Fsp3) is 1.00. The molecule has 0 bridgehead atoms. The summed E-state index contributed by atoms with van der Waals surface area (Å²) >= 11 is 0. The second kappa shape index (κ2) is 24.3. The van der Waals surface area contributed by atoms with Crippen LogP contribution in [0.4, 0.5) is 0 Å². The Morgan fingerprint density at radius 3 is 0.800 bits per heavy atom. The Labute approximate surface area is 347 Å². The van der Waals surface area contributed by atoms with Gasteiger partial charge in [-0.15, -0.1) is 0 Å². The molecule has 0 aromatic rings. The lowest BCUT2D eigenvalue weighted by molar-refractivity contribution is 0.144. The van der Waals surface area contributed by atoms with E-state index in [0.29, 0.717) is 0 Å². The highest BCUT2D eigenvalue weighted by Gasteiger charge is 2.44. The second-order valence-electron chi connectivity index (χ2n) is 21.0. The summed E-state index contributed by atoms with van der Waals surface area (Å²) in [4.78, 5) is 0. The lowest BCUT2D eigenvalue weighted by atomic mass is 9.87. The summed E-state index contributed by atoms with van der Waals surface area (Å²) in [6.07, 6.45) is 32.8. The van der Waals surface area contributed by atoms with Gasteiger partial charge in [-0.05, 0) is 126 Å². The molecule has 0 saturated heterocycles. The van der Waals surface area contributed by atoms with Crippen LogP contribution in [0.5, 0.6) is 0 Å². The molecule has 0 radical (unpaired) electrons. The van der Waals surface area contributed by atoms with Crippen LogP contribution in [0.3, 0.4) is 0 Å². The van der Waals surface area contributed by atoms with E-state index in [0.717, 1.165) is 74.3 Å². The van der Waals surface area contributed by atoms with Gasteiger partial charge in [0.15, 0.2) is 16.6 Å². The highest BCUT2D eigenvalue weighted by Crippen LogP contribution is 2.34. The largest absolute Gasteiger partial charge is 0.437 e. The molecule has 4 fully saturated rings. The SMILES string of the molecule is C[Si](C)(CC[Si](C)(OCCC1CCCCC1)OCCC1CCCCC1)O[Si](C)(C)O[Si](C)(C)CC[Si](C)(OCCC1CCCCC1)OCCC1CCCCC1. The van der Waals surface area contributed by atoms with Gasteiger partial charge < -0.3 is 25.9 Å². The maximum Gasteiger partial charge on any atom is 0.334 e. The Bertz CT molecular complexity index is 896. The van der Waals surface area contributed by atoms with E-state index < -0.39 is 42.3 Å². The molecule has 0 aromatic heterocycles. The highest BCUT2D eigenvalue weighted by atomic mass is 28.5. The van der Waals surface area contributed by atoms with Crippen LogP contribution in [0.15, 0.2) is 0 Å². The van der Waals surface area contributed by atoms with Gasteiger partial charge in [0, 0.05) is 26.4 Å². The molecule has 0 aliphatic heterocycles. The van der Waals surface area contributed by atoms with Crippen LogP contribution in [0.25, 0.3) is 0 Å². The van der Waals surface area contributed by atoms with E-state index in [1.807, 2.05) is 0 Å². The summed E-state index contributed by atoms with van der Waals surface area (Å²) in [6, 6.07) is 4.23. The minimum absolute atomic E-state index is 0.849. The molecule has 4 aliphatic carbocycles. The predicted molar refractivity (Wildman–Crippen MR) is 246 cm³/mol. The Morgan fingerprint density at radius 1 is 0.327 bits per heavy atom. The van der Waals surface area contributed by atoms with Crippen LogP contribution in [0, 0.1) is 23.7 Å². The zero-order chi connectivity index (χ0) is 39.7. The summed E-state index contributed by atoms with van der Waals surface area (Å²) in [5.74, 6) is 3.39. The fourth-order valence-electron chi connectivity index (χ4n) is 10.6. The Hall–Kier alpha value is 0.844. The molecule has 4 aliphatic rings. The fourth-order valence-corrected chi connectivity index (χ4v) is 33.9. The molecule has 0 unspecified atom stereocenters. The third kappa shape index (κ3) is 20.3. The first-order chi connectivity index (χ1) is 26.1. The summed E-state index contributed by atoms with van der Waals surface area (Å²) in [7, 11) is -11.0. The van der Waals surface area contributed by atoms with Gasteiger partial charge >= 0.3 is 25.7 Å². The number of rotatable bonds is 26. The minimum Gasteiger partial charge on any atom is -0.437 e. The first-order valence-corrected chi connectivity index (χ1v) is 38.2. The van der Waals surface area contributed by atoms with Crippen molar-refractivity contribution in [1.82, 2.24) is 0 Å². The third-order valence-corrected chi connectivity index (χ3v) is 31.9. The molecule has 55 heavy (non-hydrogen) atoms. The maximum absolute atomic E-state index is 7.20. The Kier molecular flexibility index (Phi) is 21.5. The lowest BCUT2D eigenvalue weighted by Gasteiger charge is -2.40. The van der Waals surface area contributed by atoms with Crippen molar-refractivity contribution < 1.29 is 25.9 Å². The van der Waals surface area contributed by atoms with Crippen LogP contribution < -0.4 is 0 Å². The Balaban J connectivity index is 1.28. The average Bonchev–Trinajstić information content (AvgIpc) is 3.14. The quantitative estimate of drug-likeness (QED) is 0.0808. The van der Waals surface area contributed by atoms with Crippen LogP contribution >= 0.6 is 0 Å². The van der Waals surface area contributed by atoms with Crippen molar-refractivity contribution in [2.24, 2.45) is 23.7 Å². The lowest BCUT2D eigenvalue weighted by Crippen LogP contribution is -2.53. The Morgan fingerprint density at radius 2 is 0.564 bits per heavy atom. The van der Waals surface area contributed by atoms with Gasteiger partial charge in [-0.1, -0.05) is 128 Å². The van der Waals surface area contributed by atoms with Crippen LogP contribution in [-0.2, 0) is 25.9 Å². The van der Waals surface area contributed by atoms with Gasteiger partial charge in [-0.3, -0.25) is 0 Å². The van der Waals surface area contributed by atoms with Gasteiger partial charge in [0.2, 0.25) is 0 Å². The number of hydrogen-bond acceptors (Lipinski definition) is 6. The predicted octanol–water partition coefficient (Wildman–Crippen LogP) is 14.2. The molecule has 0 atom stereocenters. The van der Waals surface area contributed by atoms with Gasteiger partial charge in [0.1, 0.15) is 0 Å². The molecular weight excluding hydrogens is 765 g/mol. The first kappa shape index (κ1) is 48.5. The molecule has 4 saturated carbocycles. The molecular formula is C44H92O6Si5. The molecule has 11 heteroatoms. The van der Waals surface area contributed by atoms with Crippen molar-refractivity contribution in [3.8, 4) is 0 Å². The molecule has 0 spiro atoms. The standard InChI is InChI=1S/C44H92O6Si5/c1-51(2,37-39-54(7,45-33-29-41-21-13-9-14-22-41)46-34-30-42-23-15-10-16-24-42)49-53(5,6)50-52(3,4)38-40-55(8,47-35-31-43-25-17-11-18-26-43)48-36-32-44-27-19-12-20-28-44/h41-44H,9-40H2,1-8H3. The molecule has 324 valence electrons. The van der Waals surface area contributed by atoms with Gasteiger partial charge in [-0.2, -0.15) is 0 Å². The van der Waals surface area contributed by atoms with Gasteiger partial charge in [0.05, 0.1) is 0 Å². The topological polar surface area (TPSA) is 55.4 Å². The van der Waals surface area contributed by atoms with E-state index in [9.17, 15) is 0 Å². The zero-order valence-electron chi connectivity index (χ0n) is 37.9. The smallest absolute Gasteiger partial charge is 0.334 e. The molecule has 4 rings (SSSR count). The summed E-state index contributed by atoms with van der Waals surface area (Å²) in [6.45, 7) is 22.5. The van der Waals surface area contributed by atoms with Crippen molar-refractivity contribution in [2.75, 3.05) is 26.4 Å². The third-order valence-electron chi connectivity index (χ3n) is 14.0. The summed E-state index contributed by atoms with van der Waals surface area (Å²) in [5.41, 5.74) is 0. The van der Waals surface area contributed by atoms with Crippen molar-refractivity contribution in [3.05, 3.63) is 0 Å². The van der Waals surface area contributed by atoms with E-state index in [1.165, 1.54) is 154 Å². The molecule has 0 aromatic carbocycles. The van der Waals surface area contributed by atoms with Crippen molar-refractivity contribution in [3.63, 3.8) is 0 Å². The van der Waals surface area contributed by atoms with E-state index in [-0.39, 0.29) is 0 Å². The molecule has 0 amide bonds. The monoisotopic (exact) mass is 857 g/mol. The van der Waals surface area contributed by atoms with Gasteiger partial charge in [0.25, 0.3) is 0 Å². The van der Waals surface area contributed by atoms with Crippen LogP contribution in [-0.4, -0.2) is 68.7 Å². The van der Waals surface area contributed by atoms with Crippen molar-refractivity contribution >= 4 is 42.3 Å².